The monoisotopic (exact) mass is 294 g/mol. The molecule has 0 spiro atoms. The summed E-state index contributed by atoms with van der Waals surface area (Å²) in [6.45, 7) is 3.78. The van der Waals surface area contributed by atoms with Gasteiger partial charge in [0, 0.05) is 18.8 Å². The smallest absolute Gasteiger partial charge is 0.240 e. The van der Waals surface area contributed by atoms with Crippen LogP contribution in [0.25, 0.3) is 0 Å². The lowest BCUT2D eigenvalue weighted by Gasteiger charge is -2.31. The van der Waals surface area contributed by atoms with Gasteiger partial charge in [0.2, 0.25) is 5.91 Å². The second-order valence-electron chi connectivity index (χ2n) is 6.68. The van der Waals surface area contributed by atoms with Crippen molar-refractivity contribution in [3.05, 3.63) is 11.8 Å². The highest BCUT2D eigenvalue weighted by Gasteiger charge is 2.32. The number of likely N-dealkylation sites (N-methyl/N-ethyl adjacent to an activating group) is 2. The predicted octanol–water partition coefficient (Wildman–Crippen LogP) is 2.53. The van der Waals surface area contributed by atoms with Crippen molar-refractivity contribution in [1.82, 2.24) is 9.80 Å². The summed E-state index contributed by atoms with van der Waals surface area (Å²) in [5.41, 5.74) is 0.623. The van der Waals surface area contributed by atoms with Crippen LogP contribution in [0.4, 0.5) is 0 Å². The molecule has 1 N–H and O–H groups in total. The maximum atomic E-state index is 12.5. The highest BCUT2D eigenvalue weighted by Crippen LogP contribution is 2.30. The molecule has 4 heteroatoms. The molecular weight excluding hydrogens is 264 g/mol. The summed E-state index contributed by atoms with van der Waals surface area (Å²) in [4.78, 5) is 16.4. The maximum Gasteiger partial charge on any atom is 0.240 e. The first kappa shape index (κ1) is 16.5. The Morgan fingerprint density at radius 1 is 1.29 bits per heavy atom. The molecule has 0 aromatic carbocycles. The molecule has 2 aliphatic rings. The molecule has 0 atom stereocenters. The SMILES string of the molecule is CCN(C(=O)CN(C)CC1(O)CCCC1)C1=CCCCC1. The average Bonchev–Trinajstić information content (AvgIpc) is 2.86. The first-order valence-corrected chi connectivity index (χ1v) is 8.44. The zero-order chi connectivity index (χ0) is 15.3. The van der Waals surface area contributed by atoms with E-state index in [2.05, 4.69) is 6.08 Å². The molecule has 2 aliphatic carbocycles. The fraction of sp³-hybridized carbons (Fsp3) is 0.824. The van der Waals surface area contributed by atoms with E-state index in [0.717, 1.165) is 45.1 Å². The van der Waals surface area contributed by atoms with Gasteiger partial charge in [-0.1, -0.05) is 18.9 Å². The van der Waals surface area contributed by atoms with Crippen LogP contribution in [0.3, 0.4) is 0 Å². The summed E-state index contributed by atoms with van der Waals surface area (Å²) in [6, 6.07) is 0. The molecule has 21 heavy (non-hydrogen) atoms. The Balaban J connectivity index is 1.87. The molecule has 1 saturated carbocycles. The lowest BCUT2D eigenvalue weighted by atomic mass is 10.0. The number of aliphatic hydroxyl groups is 1. The van der Waals surface area contributed by atoms with Crippen LogP contribution >= 0.6 is 0 Å². The quantitative estimate of drug-likeness (QED) is 0.818. The molecule has 4 nitrogen and oxygen atoms in total. The molecule has 1 amide bonds. The van der Waals surface area contributed by atoms with Crippen LogP contribution in [-0.2, 0) is 4.79 Å². The van der Waals surface area contributed by atoms with Crippen LogP contribution in [-0.4, -0.2) is 53.1 Å². The van der Waals surface area contributed by atoms with Gasteiger partial charge in [0.15, 0.2) is 0 Å². The summed E-state index contributed by atoms with van der Waals surface area (Å²) in [5, 5.41) is 10.4. The third kappa shape index (κ3) is 4.55. The van der Waals surface area contributed by atoms with Crippen molar-refractivity contribution in [2.45, 2.75) is 63.9 Å². The Morgan fingerprint density at radius 3 is 2.57 bits per heavy atom. The second kappa shape index (κ2) is 7.41. The van der Waals surface area contributed by atoms with Crippen molar-refractivity contribution in [2.24, 2.45) is 0 Å². The number of carbonyl (C=O) groups excluding carboxylic acids is 1. The molecule has 0 aromatic rings. The van der Waals surface area contributed by atoms with Crippen LogP contribution in [0.5, 0.6) is 0 Å². The van der Waals surface area contributed by atoms with E-state index in [1.54, 1.807) is 0 Å². The van der Waals surface area contributed by atoms with Crippen LogP contribution in [0, 0.1) is 0 Å². The van der Waals surface area contributed by atoms with E-state index in [1.807, 2.05) is 23.8 Å². The fourth-order valence-corrected chi connectivity index (χ4v) is 3.67. The summed E-state index contributed by atoms with van der Waals surface area (Å²) >= 11 is 0. The number of amides is 1. The van der Waals surface area contributed by atoms with Gasteiger partial charge >= 0.3 is 0 Å². The largest absolute Gasteiger partial charge is 0.389 e. The lowest BCUT2D eigenvalue weighted by molar-refractivity contribution is -0.130. The Labute approximate surface area is 128 Å². The van der Waals surface area contributed by atoms with Crippen molar-refractivity contribution in [1.29, 1.82) is 0 Å². The van der Waals surface area contributed by atoms with E-state index in [-0.39, 0.29) is 5.91 Å². The number of nitrogens with zero attached hydrogens (tertiary/aromatic N) is 2. The van der Waals surface area contributed by atoms with Gasteiger partial charge < -0.3 is 10.0 Å². The normalized spacial score (nSPS) is 21.4. The Bertz CT molecular complexity index is 386. The van der Waals surface area contributed by atoms with Crippen LogP contribution < -0.4 is 0 Å². The summed E-state index contributed by atoms with van der Waals surface area (Å²) in [7, 11) is 1.94. The first-order chi connectivity index (χ1) is 10.0. The second-order valence-corrected chi connectivity index (χ2v) is 6.68. The average molecular weight is 294 g/mol. The summed E-state index contributed by atoms with van der Waals surface area (Å²) in [5.74, 6) is 0.162. The van der Waals surface area contributed by atoms with Gasteiger partial charge in [-0.05, 0) is 52.5 Å². The highest BCUT2D eigenvalue weighted by atomic mass is 16.3. The topological polar surface area (TPSA) is 43.8 Å². The van der Waals surface area contributed by atoms with E-state index in [1.165, 1.54) is 18.5 Å². The van der Waals surface area contributed by atoms with E-state index in [0.29, 0.717) is 13.1 Å². The zero-order valence-electron chi connectivity index (χ0n) is 13.6. The highest BCUT2D eigenvalue weighted by molar-refractivity contribution is 5.80. The van der Waals surface area contributed by atoms with Crippen molar-refractivity contribution < 1.29 is 9.90 Å². The van der Waals surface area contributed by atoms with Gasteiger partial charge in [-0.25, -0.2) is 0 Å². The van der Waals surface area contributed by atoms with E-state index in [4.69, 9.17) is 0 Å². The molecule has 1 fully saturated rings. The predicted molar refractivity (Wildman–Crippen MR) is 84.9 cm³/mol. The van der Waals surface area contributed by atoms with Crippen LogP contribution in [0.1, 0.15) is 58.3 Å². The van der Waals surface area contributed by atoms with E-state index < -0.39 is 5.60 Å². The molecule has 0 saturated heterocycles. The summed E-state index contributed by atoms with van der Waals surface area (Å²) < 4.78 is 0. The molecular formula is C17H30N2O2. The van der Waals surface area contributed by atoms with Crippen LogP contribution in [0.2, 0.25) is 0 Å². The van der Waals surface area contributed by atoms with Crippen molar-refractivity contribution >= 4 is 5.91 Å². The van der Waals surface area contributed by atoms with Crippen molar-refractivity contribution in [3.8, 4) is 0 Å². The van der Waals surface area contributed by atoms with Gasteiger partial charge in [0.25, 0.3) is 0 Å². The van der Waals surface area contributed by atoms with Crippen molar-refractivity contribution in [2.75, 3.05) is 26.7 Å². The minimum absolute atomic E-state index is 0.162. The zero-order valence-corrected chi connectivity index (χ0v) is 13.6. The Morgan fingerprint density at radius 2 is 2.00 bits per heavy atom. The molecule has 0 aromatic heterocycles. The first-order valence-electron chi connectivity index (χ1n) is 8.44. The third-order valence-electron chi connectivity index (χ3n) is 4.73. The van der Waals surface area contributed by atoms with E-state index >= 15 is 0 Å². The molecule has 120 valence electrons. The minimum Gasteiger partial charge on any atom is -0.389 e. The maximum absolute atomic E-state index is 12.5. The molecule has 0 heterocycles. The molecule has 0 aliphatic heterocycles. The summed E-state index contributed by atoms with van der Waals surface area (Å²) in [6.07, 6.45) is 10.7. The molecule has 2 rings (SSSR count). The number of hydrogen-bond donors (Lipinski definition) is 1. The van der Waals surface area contributed by atoms with Crippen molar-refractivity contribution in [3.63, 3.8) is 0 Å². The lowest BCUT2D eigenvalue weighted by Crippen LogP contribution is -2.44. The Hall–Kier alpha value is -0.870. The van der Waals surface area contributed by atoms with Gasteiger partial charge in [0.1, 0.15) is 0 Å². The molecule has 0 radical (unpaired) electrons. The molecule has 0 unspecified atom stereocenters. The number of rotatable bonds is 6. The van der Waals surface area contributed by atoms with Gasteiger partial charge in [-0.3, -0.25) is 9.69 Å². The minimum atomic E-state index is -0.573. The number of carbonyl (C=O) groups is 1. The fourth-order valence-electron chi connectivity index (χ4n) is 3.67. The van der Waals surface area contributed by atoms with Gasteiger partial charge in [-0.15, -0.1) is 0 Å². The number of allylic oxidation sites excluding steroid dienone is 2. The third-order valence-corrected chi connectivity index (χ3v) is 4.73. The number of hydrogen-bond acceptors (Lipinski definition) is 3. The Kier molecular flexibility index (Phi) is 5.82. The standard InChI is InChI=1S/C17H30N2O2/c1-3-19(15-9-5-4-6-10-15)16(20)13-18(2)14-17(21)11-7-8-12-17/h9,21H,3-8,10-14H2,1-2H3. The van der Waals surface area contributed by atoms with E-state index in [9.17, 15) is 9.90 Å². The van der Waals surface area contributed by atoms with Gasteiger partial charge in [-0.2, -0.15) is 0 Å². The van der Waals surface area contributed by atoms with Gasteiger partial charge in [0.05, 0.1) is 12.1 Å². The van der Waals surface area contributed by atoms with Crippen LogP contribution in [0.15, 0.2) is 11.8 Å². The molecule has 0 bridgehead atoms.